The molecule has 1 aliphatic rings. The van der Waals surface area contributed by atoms with Crippen molar-refractivity contribution in [3.8, 4) is 11.1 Å². The Balaban J connectivity index is 1.77. The minimum atomic E-state index is -1.96. The molecule has 0 aliphatic carbocycles. The largest absolute Gasteiger partial charge is 0.412 e. The second-order valence-electron chi connectivity index (χ2n) is 8.49. The number of rotatable bonds is 5. The summed E-state index contributed by atoms with van der Waals surface area (Å²) in [4.78, 5) is 21.4. The van der Waals surface area contributed by atoms with Crippen LogP contribution in [0.3, 0.4) is 0 Å². The van der Waals surface area contributed by atoms with Crippen LogP contribution in [0.5, 0.6) is 0 Å². The molecule has 0 unspecified atom stereocenters. The quantitative estimate of drug-likeness (QED) is 0.720. The molecule has 1 aliphatic heterocycles. The Labute approximate surface area is 160 Å². The Morgan fingerprint density at radius 2 is 1.81 bits per heavy atom. The van der Waals surface area contributed by atoms with Gasteiger partial charge in [0.05, 0.1) is 19.7 Å². The SMILES string of the molecule is CC(C)(C)[Si](C)(C)OCc1cccc(-c2cnc(N3CC(=O)C3)nc2)c1F. The van der Waals surface area contributed by atoms with Gasteiger partial charge in [-0.15, -0.1) is 0 Å². The van der Waals surface area contributed by atoms with Gasteiger partial charge in [-0.25, -0.2) is 14.4 Å². The van der Waals surface area contributed by atoms with E-state index in [1.165, 1.54) is 0 Å². The summed E-state index contributed by atoms with van der Waals surface area (Å²) in [5, 5.41) is 0.0724. The summed E-state index contributed by atoms with van der Waals surface area (Å²) in [6.07, 6.45) is 3.20. The predicted molar refractivity (Wildman–Crippen MR) is 107 cm³/mol. The highest BCUT2D eigenvalue weighted by Crippen LogP contribution is 2.37. The van der Waals surface area contributed by atoms with Gasteiger partial charge in [0.25, 0.3) is 0 Å². The molecule has 7 heteroatoms. The Bertz CT molecular complexity index is 839. The number of halogens is 1. The number of anilines is 1. The molecule has 0 amide bonds. The number of ketones is 1. The number of nitrogens with zero attached hydrogens (tertiary/aromatic N) is 3. The summed E-state index contributed by atoms with van der Waals surface area (Å²) < 4.78 is 21.2. The van der Waals surface area contributed by atoms with E-state index in [2.05, 4.69) is 43.8 Å². The first-order chi connectivity index (χ1) is 12.6. The van der Waals surface area contributed by atoms with Gasteiger partial charge in [0.15, 0.2) is 14.1 Å². The van der Waals surface area contributed by atoms with E-state index in [1.54, 1.807) is 29.4 Å². The average molecular weight is 388 g/mol. The van der Waals surface area contributed by atoms with Crippen LogP contribution in [0.25, 0.3) is 11.1 Å². The molecule has 0 radical (unpaired) electrons. The Kier molecular flexibility index (Phi) is 5.18. The van der Waals surface area contributed by atoms with Crippen molar-refractivity contribution < 1.29 is 13.6 Å². The second kappa shape index (κ2) is 7.13. The van der Waals surface area contributed by atoms with Crippen LogP contribution in [-0.2, 0) is 15.8 Å². The molecule has 0 spiro atoms. The summed E-state index contributed by atoms with van der Waals surface area (Å²) in [5.41, 5.74) is 1.60. The molecule has 0 N–H and O–H groups in total. The maximum atomic E-state index is 15.0. The lowest BCUT2D eigenvalue weighted by Gasteiger charge is -2.36. The van der Waals surface area contributed by atoms with Crippen LogP contribution in [0.2, 0.25) is 18.1 Å². The lowest BCUT2D eigenvalue weighted by atomic mass is 10.1. The standard InChI is InChI=1S/C20H26FN3O2Si/c1-20(2,3)27(4,5)26-13-14-7-6-8-17(18(14)21)15-9-22-19(23-10-15)24-11-16(25)12-24/h6-10H,11-13H2,1-5H3. The van der Waals surface area contributed by atoms with Gasteiger partial charge in [-0.2, -0.15) is 0 Å². The molecule has 27 heavy (non-hydrogen) atoms. The van der Waals surface area contributed by atoms with Crippen LogP contribution in [-0.4, -0.2) is 37.2 Å². The van der Waals surface area contributed by atoms with Crippen molar-refractivity contribution in [2.45, 2.75) is 45.5 Å². The highest BCUT2D eigenvalue weighted by atomic mass is 28.4. The zero-order valence-corrected chi connectivity index (χ0v) is 17.5. The van der Waals surface area contributed by atoms with Gasteiger partial charge in [0.2, 0.25) is 5.95 Å². The minimum absolute atomic E-state index is 0.0724. The monoisotopic (exact) mass is 387 g/mol. The van der Waals surface area contributed by atoms with Crippen LogP contribution >= 0.6 is 0 Å². The fraction of sp³-hybridized carbons (Fsp3) is 0.450. The summed E-state index contributed by atoms with van der Waals surface area (Å²) in [6.45, 7) is 11.7. The normalized spacial score (nSPS) is 15.0. The Hall–Kier alpha value is -2.12. The third kappa shape index (κ3) is 4.09. The first-order valence-electron chi connectivity index (χ1n) is 9.09. The highest BCUT2D eigenvalue weighted by molar-refractivity contribution is 6.74. The molecule has 5 nitrogen and oxygen atoms in total. The Morgan fingerprint density at radius 3 is 2.37 bits per heavy atom. The van der Waals surface area contributed by atoms with E-state index in [9.17, 15) is 4.79 Å². The highest BCUT2D eigenvalue weighted by Gasteiger charge is 2.37. The predicted octanol–water partition coefficient (Wildman–Crippen LogP) is 4.19. The topological polar surface area (TPSA) is 55.3 Å². The van der Waals surface area contributed by atoms with Gasteiger partial charge >= 0.3 is 0 Å². The molecular weight excluding hydrogens is 361 g/mol. The number of hydrogen-bond donors (Lipinski definition) is 0. The molecule has 1 aromatic heterocycles. The Morgan fingerprint density at radius 1 is 1.19 bits per heavy atom. The lowest BCUT2D eigenvalue weighted by molar-refractivity contribution is -0.119. The lowest BCUT2D eigenvalue weighted by Crippen LogP contribution is -2.48. The van der Waals surface area contributed by atoms with E-state index in [-0.39, 0.29) is 23.2 Å². The average Bonchev–Trinajstić information content (AvgIpc) is 2.57. The molecule has 1 fully saturated rings. The van der Waals surface area contributed by atoms with Crippen molar-refractivity contribution in [2.24, 2.45) is 0 Å². The number of benzene rings is 1. The minimum Gasteiger partial charge on any atom is -0.412 e. The molecular formula is C20H26FN3O2Si. The molecule has 0 saturated carbocycles. The molecule has 1 aromatic carbocycles. The number of hydrogen-bond acceptors (Lipinski definition) is 5. The molecule has 2 heterocycles. The zero-order valence-electron chi connectivity index (χ0n) is 16.5. The van der Waals surface area contributed by atoms with Crippen LogP contribution in [0.4, 0.5) is 10.3 Å². The van der Waals surface area contributed by atoms with Crippen molar-refractivity contribution in [3.63, 3.8) is 0 Å². The van der Waals surface area contributed by atoms with E-state index in [0.717, 1.165) is 0 Å². The first kappa shape index (κ1) is 19.6. The first-order valence-corrected chi connectivity index (χ1v) is 12.0. The van der Waals surface area contributed by atoms with Gasteiger partial charge in [0, 0.05) is 29.1 Å². The van der Waals surface area contributed by atoms with Gasteiger partial charge in [0.1, 0.15) is 5.82 Å². The third-order valence-electron chi connectivity index (χ3n) is 5.44. The number of carbonyl (C=O) groups excluding carboxylic acids is 1. The van der Waals surface area contributed by atoms with Crippen LogP contribution in [0, 0.1) is 5.82 Å². The van der Waals surface area contributed by atoms with Crippen LogP contribution < -0.4 is 4.90 Å². The van der Waals surface area contributed by atoms with Crippen molar-refractivity contribution in [2.75, 3.05) is 18.0 Å². The number of aromatic nitrogens is 2. The van der Waals surface area contributed by atoms with Gasteiger partial charge < -0.3 is 9.33 Å². The van der Waals surface area contributed by atoms with Crippen molar-refractivity contribution >= 4 is 20.0 Å². The van der Waals surface area contributed by atoms with Gasteiger partial charge in [-0.3, -0.25) is 4.79 Å². The van der Waals surface area contributed by atoms with E-state index >= 15 is 4.39 Å². The summed E-state index contributed by atoms with van der Waals surface area (Å²) in [5.74, 6) is 0.367. The molecule has 2 aromatic rings. The van der Waals surface area contributed by atoms with E-state index in [4.69, 9.17) is 4.43 Å². The zero-order chi connectivity index (χ0) is 19.8. The number of carbonyl (C=O) groups is 1. The van der Waals surface area contributed by atoms with Crippen molar-refractivity contribution in [1.29, 1.82) is 0 Å². The maximum absolute atomic E-state index is 15.0. The van der Waals surface area contributed by atoms with Gasteiger partial charge in [-0.1, -0.05) is 39.0 Å². The fourth-order valence-corrected chi connectivity index (χ4v) is 3.48. The fourth-order valence-electron chi connectivity index (χ4n) is 2.53. The van der Waals surface area contributed by atoms with Crippen LogP contribution in [0.1, 0.15) is 26.3 Å². The van der Waals surface area contributed by atoms with Crippen molar-refractivity contribution in [1.82, 2.24) is 9.97 Å². The summed E-state index contributed by atoms with van der Waals surface area (Å²) in [7, 11) is -1.96. The van der Waals surface area contributed by atoms with E-state index in [0.29, 0.717) is 35.7 Å². The third-order valence-corrected chi connectivity index (χ3v) is 9.92. The number of Topliss-reactive ketones (excluding diaryl/α,β-unsaturated/α-hetero) is 1. The summed E-state index contributed by atoms with van der Waals surface area (Å²) in [6, 6.07) is 5.30. The van der Waals surface area contributed by atoms with E-state index < -0.39 is 8.32 Å². The van der Waals surface area contributed by atoms with Crippen LogP contribution in [0.15, 0.2) is 30.6 Å². The molecule has 1 saturated heterocycles. The molecule has 3 rings (SSSR count). The van der Waals surface area contributed by atoms with Crippen molar-refractivity contribution in [3.05, 3.63) is 42.0 Å². The smallest absolute Gasteiger partial charge is 0.226 e. The van der Waals surface area contributed by atoms with E-state index in [1.807, 2.05) is 6.07 Å². The second-order valence-corrected chi connectivity index (χ2v) is 13.3. The summed E-state index contributed by atoms with van der Waals surface area (Å²) >= 11 is 0. The maximum Gasteiger partial charge on any atom is 0.226 e. The molecule has 0 bridgehead atoms. The molecule has 144 valence electrons. The van der Waals surface area contributed by atoms with Gasteiger partial charge in [-0.05, 0) is 18.1 Å². The molecule has 0 atom stereocenters.